The van der Waals surface area contributed by atoms with E-state index in [-0.39, 0.29) is 0 Å². The minimum absolute atomic E-state index is 0.830. The van der Waals surface area contributed by atoms with E-state index in [2.05, 4.69) is 85.2 Å². The topological polar surface area (TPSA) is 12.0 Å². The highest BCUT2D eigenvalue weighted by atomic mass is 79.9. The second kappa shape index (κ2) is 6.65. The smallest absolute Gasteiger partial charge is 0.0632 e. The summed E-state index contributed by atoms with van der Waals surface area (Å²) >= 11 is 10.8. The Balaban J connectivity index is 1.74. The Morgan fingerprint density at radius 1 is 1.10 bits per heavy atom. The molecule has 3 rings (SSSR count). The van der Waals surface area contributed by atoms with E-state index in [0.29, 0.717) is 0 Å². The van der Waals surface area contributed by atoms with E-state index in [1.54, 1.807) is 22.7 Å². The number of hydrogen-bond acceptors (Lipinski definition) is 3. The third-order valence-electron chi connectivity index (χ3n) is 3.09. The van der Waals surface area contributed by atoms with E-state index in [0.717, 1.165) is 21.2 Å². The van der Waals surface area contributed by atoms with Crippen LogP contribution in [0.4, 0.5) is 5.69 Å². The van der Waals surface area contributed by atoms with Crippen LogP contribution in [-0.4, -0.2) is 0 Å². The largest absolute Gasteiger partial charge is 0.378 e. The standard InChI is InChI=1S/C16H13Br2NS2/c1-10-5-13(17)16(14(18)6-10)19-8-12-7-11(9-21-12)15-3-2-4-20-15/h2-7,9,19H,8H2,1H3. The average molecular weight is 443 g/mol. The molecule has 0 aliphatic rings. The zero-order chi connectivity index (χ0) is 14.8. The first-order valence-corrected chi connectivity index (χ1v) is 9.79. The van der Waals surface area contributed by atoms with Crippen LogP contribution >= 0.6 is 54.5 Å². The van der Waals surface area contributed by atoms with Crippen molar-refractivity contribution in [1.82, 2.24) is 0 Å². The minimum Gasteiger partial charge on any atom is -0.378 e. The van der Waals surface area contributed by atoms with E-state index in [9.17, 15) is 0 Å². The number of aryl methyl sites for hydroxylation is 1. The molecule has 1 nitrogen and oxygen atoms in total. The molecular formula is C16H13Br2NS2. The van der Waals surface area contributed by atoms with Gasteiger partial charge in [-0.05, 0) is 79.4 Å². The van der Waals surface area contributed by atoms with Crippen LogP contribution in [0.25, 0.3) is 10.4 Å². The van der Waals surface area contributed by atoms with Gasteiger partial charge >= 0.3 is 0 Å². The molecule has 0 unspecified atom stereocenters. The summed E-state index contributed by atoms with van der Waals surface area (Å²) in [4.78, 5) is 2.66. The molecule has 5 heteroatoms. The van der Waals surface area contributed by atoms with Gasteiger partial charge in [-0.15, -0.1) is 22.7 Å². The van der Waals surface area contributed by atoms with Crippen LogP contribution in [0.5, 0.6) is 0 Å². The summed E-state index contributed by atoms with van der Waals surface area (Å²) in [5, 5.41) is 7.84. The maximum Gasteiger partial charge on any atom is 0.0632 e. The molecule has 2 aromatic heterocycles. The average Bonchev–Trinajstić information content (AvgIpc) is 3.08. The number of nitrogens with one attached hydrogen (secondary N) is 1. The predicted octanol–water partition coefficient (Wildman–Crippen LogP) is 6.92. The molecule has 1 N–H and O–H groups in total. The first-order valence-electron chi connectivity index (χ1n) is 6.44. The summed E-state index contributed by atoms with van der Waals surface area (Å²) < 4.78 is 2.17. The molecule has 0 aliphatic carbocycles. The Morgan fingerprint density at radius 3 is 2.52 bits per heavy atom. The Hall–Kier alpha value is -0.620. The van der Waals surface area contributed by atoms with Gasteiger partial charge in [0.15, 0.2) is 0 Å². The summed E-state index contributed by atoms with van der Waals surface area (Å²) in [6.07, 6.45) is 0. The van der Waals surface area contributed by atoms with Gasteiger partial charge in [0.05, 0.1) is 5.69 Å². The highest BCUT2D eigenvalue weighted by Crippen LogP contribution is 2.34. The van der Waals surface area contributed by atoms with E-state index in [1.807, 2.05) is 0 Å². The second-order valence-corrected chi connectivity index (χ2v) is 8.39. The van der Waals surface area contributed by atoms with Gasteiger partial charge in [-0.3, -0.25) is 0 Å². The summed E-state index contributed by atoms with van der Waals surface area (Å²) in [7, 11) is 0. The normalized spacial score (nSPS) is 10.8. The molecule has 0 atom stereocenters. The van der Waals surface area contributed by atoms with Crippen LogP contribution in [0.1, 0.15) is 10.4 Å². The van der Waals surface area contributed by atoms with Gasteiger partial charge in [-0.25, -0.2) is 0 Å². The molecule has 3 aromatic rings. The van der Waals surface area contributed by atoms with Gasteiger partial charge in [0.25, 0.3) is 0 Å². The number of rotatable bonds is 4. The Morgan fingerprint density at radius 2 is 1.86 bits per heavy atom. The van der Waals surface area contributed by atoms with Crippen LogP contribution in [0, 0.1) is 6.92 Å². The number of thiophene rings is 2. The van der Waals surface area contributed by atoms with Crippen molar-refractivity contribution in [1.29, 1.82) is 0 Å². The maximum absolute atomic E-state index is 3.62. The van der Waals surface area contributed by atoms with Crippen molar-refractivity contribution < 1.29 is 0 Å². The summed E-state index contributed by atoms with van der Waals surface area (Å²) in [6.45, 7) is 2.92. The lowest BCUT2D eigenvalue weighted by Crippen LogP contribution is -1.99. The quantitative estimate of drug-likeness (QED) is 0.462. The predicted molar refractivity (Wildman–Crippen MR) is 102 cm³/mol. The molecule has 1 aromatic carbocycles. The Bertz CT molecular complexity index is 724. The Labute approximate surface area is 149 Å². The fourth-order valence-corrected chi connectivity index (χ4v) is 5.40. The summed E-state index contributed by atoms with van der Waals surface area (Å²) in [5.74, 6) is 0. The van der Waals surface area contributed by atoms with E-state index < -0.39 is 0 Å². The summed E-state index contributed by atoms with van der Waals surface area (Å²) in [6, 6.07) is 10.8. The van der Waals surface area contributed by atoms with Crippen LogP contribution in [0.2, 0.25) is 0 Å². The molecule has 108 valence electrons. The molecule has 0 aliphatic heterocycles. The summed E-state index contributed by atoms with van der Waals surface area (Å²) in [5.41, 5.74) is 3.65. The maximum atomic E-state index is 3.62. The second-order valence-electron chi connectivity index (χ2n) is 4.74. The lowest BCUT2D eigenvalue weighted by molar-refractivity contribution is 1.18. The van der Waals surface area contributed by atoms with Gasteiger partial charge in [0.2, 0.25) is 0 Å². The van der Waals surface area contributed by atoms with E-state index in [1.165, 1.54) is 20.9 Å². The van der Waals surface area contributed by atoms with Crippen LogP contribution in [0.15, 0.2) is 50.0 Å². The van der Waals surface area contributed by atoms with Crippen molar-refractivity contribution in [3.05, 3.63) is 60.5 Å². The fourth-order valence-electron chi connectivity index (χ4n) is 2.09. The number of benzene rings is 1. The van der Waals surface area contributed by atoms with Crippen LogP contribution in [-0.2, 0) is 6.54 Å². The molecule has 0 fully saturated rings. The molecule has 0 saturated carbocycles. The lowest BCUT2D eigenvalue weighted by atomic mass is 10.2. The van der Waals surface area contributed by atoms with Gasteiger partial charge < -0.3 is 5.32 Å². The number of anilines is 1. The molecule has 2 heterocycles. The fraction of sp³-hybridized carbons (Fsp3) is 0.125. The van der Waals surface area contributed by atoms with Gasteiger partial charge in [-0.1, -0.05) is 6.07 Å². The first kappa shape index (κ1) is 15.3. The van der Waals surface area contributed by atoms with Gasteiger partial charge in [0.1, 0.15) is 0 Å². The highest BCUT2D eigenvalue weighted by Gasteiger charge is 2.08. The monoisotopic (exact) mass is 441 g/mol. The van der Waals surface area contributed by atoms with Crippen LogP contribution in [0.3, 0.4) is 0 Å². The van der Waals surface area contributed by atoms with Crippen LogP contribution < -0.4 is 5.32 Å². The van der Waals surface area contributed by atoms with Crippen molar-refractivity contribution >= 4 is 60.2 Å². The SMILES string of the molecule is Cc1cc(Br)c(NCc2cc(-c3cccs3)cs2)c(Br)c1. The number of hydrogen-bond donors (Lipinski definition) is 1. The zero-order valence-electron chi connectivity index (χ0n) is 11.3. The van der Waals surface area contributed by atoms with Crippen molar-refractivity contribution in [2.45, 2.75) is 13.5 Å². The highest BCUT2D eigenvalue weighted by molar-refractivity contribution is 9.11. The molecular weight excluding hydrogens is 430 g/mol. The van der Waals surface area contributed by atoms with Crippen molar-refractivity contribution in [2.24, 2.45) is 0 Å². The molecule has 0 radical (unpaired) electrons. The molecule has 0 bridgehead atoms. The zero-order valence-corrected chi connectivity index (χ0v) is 16.1. The molecule has 0 amide bonds. The lowest BCUT2D eigenvalue weighted by Gasteiger charge is -2.11. The van der Waals surface area contributed by atoms with E-state index >= 15 is 0 Å². The van der Waals surface area contributed by atoms with Crippen molar-refractivity contribution in [3.8, 4) is 10.4 Å². The molecule has 0 spiro atoms. The number of halogens is 2. The van der Waals surface area contributed by atoms with E-state index in [4.69, 9.17) is 0 Å². The van der Waals surface area contributed by atoms with Gasteiger partial charge in [-0.2, -0.15) is 0 Å². The Kier molecular flexibility index (Phi) is 4.84. The molecule has 21 heavy (non-hydrogen) atoms. The minimum atomic E-state index is 0.830. The van der Waals surface area contributed by atoms with Crippen molar-refractivity contribution in [2.75, 3.05) is 5.32 Å². The van der Waals surface area contributed by atoms with Gasteiger partial charge in [0, 0.05) is 30.8 Å². The molecule has 0 saturated heterocycles. The first-order chi connectivity index (χ1) is 10.1. The van der Waals surface area contributed by atoms with Crippen molar-refractivity contribution in [3.63, 3.8) is 0 Å². The third-order valence-corrected chi connectivity index (χ3v) is 6.19. The third kappa shape index (κ3) is 3.59.